The lowest BCUT2D eigenvalue weighted by atomic mass is 9.79. The van der Waals surface area contributed by atoms with Crippen LogP contribution in [-0.4, -0.2) is 0 Å². The summed E-state index contributed by atoms with van der Waals surface area (Å²) in [4.78, 5) is 0. The number of halogens is 1. The van der Waals surface area contributed by atoms with Gasteiger partial charge in [-0.15, -0.1) is 0 Å². The van der Waals surface area contributed by atoms with E-state index in [-0.39, 0.29) is 6.04 Å². The van der Waals surface area contributed by atoms with Crippen LogP contribution in [0.3, 0.4) is 0 Å². The molecule has 2 heteroatoms. The predicted octanol–water partition coefficient (Wildman–Crippen LogP) is 4.65. The van der Waals surface area contributed by atoms with E-state index >= 15 is 0 Å². The third kappa shape index (κ3) is 3.02. The SMILES string of the molecule is CC1CCC(c2ccc(C(C)N)cc2Cl)CC1. The minimum Gasteiger partial charge on any atom is -0.324 e. The molecule has 0 radical (unpaired) electrons. The van der Waals surface area contributed by atoms with Crippen LogP contribution in [0, 0.1) is 5.92 Å². The summed E-state index contributed by atoms with van der Waals surface area (Å²) < 4.78 is 0. The molecule has 1 fully saturated rings. The van der Waals surface area contributed by atoms with E-state index in [1.807, 2.05) is 13.0 Å². The molecule has 94 valence electrons. The van der Waals surface area contributed by atoms with Crippen molar-refractivity contribution in [3.8, 4) is 0 Å². The number of rotatable bonds is 2. The summed E-state index contributed by atoms with van der Waals surface area (Å²) in [7, 11) is 0. The van der Waals surface area contributed by atoms with Crippen LogP contribution in [0.1, 0.15) is 62.6 Å². The van der Waals surface area contributed by atoms with Crippen molar-refractivity contribution in [1.82, 2.24) is 0 Å². The van der Waals surface area contributed by atoms with Gasteiger partial charge in [-0.05, 0) is 48.8 Å². The molecular formula is C15H22ClN. The fraction of sp³-hybridized carbons (Fsp3) is 0.600. The maximum absolute atomic E-state index is 6.39. The average Bonchev–Trinajstić information content (AvgIpc) is 2.30. The third-order valence-corrected chi connectivity index (χ3v) is 4.33. The molecule has 0 amide bonds. The van der Waals surface area contributed by atoms with Crippen molar-refractivity contribution in [3.63, 3.8) is 0 Å². The Morgan fingerprint density at radius 2 is 1.88 bits per heavy atom. The molecule has 17 heavy (non-hydrogen) atoms. The topological polar surface area (TPSA) is 26.0 Å². The molecule has 0 bridgehead atoms. The maximum atomic E-state index is 6.39. The maximum Gasteiger partial charge on any atom is 0.0444 e. The summed E-state index contributed by atoms with van der Waals surface area (Å²) in [6.45, 7) is 4.34. The van der Waals surface area contributed by atoms with Gasteiger partial charge in [0, 0.05) is 11.1 Å². The van der Waals surface area contributed by atoms with Crippen molar-refractivity contribution in [1.29, 1.82) is 0 Å². The summed E-state index contributed by atoms with van der Waals surface area (Å²) in [5.74, 6) is 1.54. The van der Waals surface area contributed by atoms with Crippen LogP contribution in [0.2, 0.25) is 5.02 Å². The van der Waals surface area contributed by atoms with Gasteiger partial charge in [0.2, 0.25) is 0 Å². The molecule has 2 rings (SSSR count). The first-order valence-electron chi connectivity index (χ1n) is 6.63. The van der Waals surface area contributed by atoms with Crippen molar-refractivity contribution in [2.75, 3.05) is 0 Å². The van der Waals surface area contributed by atoms with Crippen LogP contribution >= 0.6 is 11.6 Å². The van der Waals surface area contributed by atoms with Gasteiger partial charge >= 0.3 is 0 Å². The Balaban J connectivity index is 2.16. The van der Waals surface area contributed by atoms with E-state index < -0.39 is 0 Å². The minimum atomic E-state index is 0.0629. The Hall–Kier alpha value is -0.530. The van der Waals surface area contributed by atoms with Gasteiger partial charge in [0.25, 0.3) is 0 Å². The second-order valence-electron chi connectivity index (χ2n) is 5.53. The molecule has 1 aromatic carbocycles. The summed E-state index contributed by atoms with van der Waals surface area (Å²) in [6.07, 6.45) is 5.21. The lowest BCUT2D eigenvalue weighted by Gasteiger charge is -2.27. The number of hydrogen-bond acceptors (Lipinski definition) is 1. The van der Waals surface area contributed by atoms with Gasteiger partial charge in [-0.3, -0.25) is 0 Å². The molecule has 0 spiro atoms. The fourth-order valence-corrected chi connectivity index (χ4v) is 3.07. The van der Waals surface area contributed by atoms with E-state index in [2.05, 4.69) is 19.1 Å². The minimum absolute atomic E-state index is 0.0629. The normalized spacial score (nSPS) is 26.8. The highest BCUT2D eigenvalue weighted by atomic mass is 35.5. The molecule has 0 aliphatic heterocycles. The number of benzene rings is 1. The van der Waals surface area contributed by atoms with Crippen LogP contribution in [0.25, 0.3) is 0 Å². The second kappa shape index (κ2) is 5.41. The molecule has 2 N–H and O–H groups in total. The van der Waals surface area contributed by atoms with E-state index in [0.29, 0.717) is 5.92 Å². The summed E-state index contributed by atoms with van der Waals surface area (Å²) in [5.41, 5.74) is 8.32. The quantitative estimate of drug-likeness (QED) is 0.813. The lowest BCUT2D eigenvalue weighted by molar-refractivity contribution is 0.348. The van der Waals surface area contributed by atoms with Crippen LogP contribution < -0.4 is 5.73 Å². The van der Waals surface area contributed by atoms with Crippen molar-refractivity contribution in [2.24, 2.45) is 11.7 Å². The van der Waals surface area contributed by atoms with Crippen LogP contribution in [0.5, 0.6) is 0 Å². The average molecular weight is 252 g/mol. The molecule has 0 saturated heterocycles. The molecule has 1 nitrogen and oxygen atoms in total. The van der Waals surface area contributed by atoms with Crippen LogP contribution in [0.15, 0.2) is 18.2 Å². The van der Waals surface area contributed by atoms with Gasteiger partial charge in [0.05, 0.1) is 0 Å². The smallest absolute Gasteiger partial charge is 0.0444 e. The predicted molar refractivity (Wildman–Crippen MR) is 74.4 cm³/mol. The summed E-state index contributed by atoms with van der Waals surface area (Å²) in [6, 6.07) is 6.42. The second-order valence-corrected chi connectivity index (χ2v) is 5.93. The highest BCUT2D eigenvalue weighted by molar-refractivity contribution is 6.31. The summed E-state index contributed by atoms with van der Waals surface area (Å²) in [5, 5.41) is 0.902. The van der Waals surface area contributed by atoms with Gasteiger partial charge in [-0.1, -0.05) is 43.5 Å². The molecule has 1 aromatic rings. The first-order valence-corrected chi connectivity index (χ1v) is 7.00. The zero-order valence-electron chi connectivity index (χ0n) is 10.7. The Morgan fingerprint density at radius 1 is 1.24 bits per heavy atom. The van der Waals surface area contributed by atoms with Crippen molar-refractivity contribution in [3.05, 3.63) is 34.3 Å². The molecule has 0 aromatic heterocycles. The molecule has 1 atom stereocenters. The van der Waals surface area contributed by atoms with Crippen LogP contribution in [0.4, 0.5) is 0 Å². The van der Waals surface area contributed by atoms with Gasteiger partial charge in [-0.25, -0.2) is 0 Å². The Labute approximate surface area is 109 Å². The molecule has 1 unspecified atom stereocenters. The van der Waals surface area contributed by atoms with E-state index in [9.17, 15) is 0 Å². The monoisotopic (exact) mass is 251 g/mol. The molecule has 1 aliphatic rings. The van der Waals surface area contributed by atoms with Gasteiger partial charge in [-0.2, -0.15) is 0 Å². The lowest BCUT2D eigenvalue weighted by Crippen LogP contribution is -2.12. The Morgan fingerprint density at radius 3 is 2.41 bits per heavy atom. The molecule has 1 saturated carbocycles. The van der Waals surface area contributed by atoms with Crippen molar-refractivity contribution < 1.29 is 0 Å². The largest absolute Gasteiger partial charge is 0.324 e. The molecule has 0 heterocycles. The highest BCUT2D eigenvalue weighted by Gasteiger charge is 2.21. The van der Waals surface area contributed by atoms with Gasteiger partial charge < -0.3 is 5.73 Å². The van der Waals surface area contributed by atoms with E-state index in [1.54, 1.807) is 0 Å². The number of hydrogen-bond donors (Lipinski definition) is 1. The summed E-state index contributed by atoms with van der Waals surface area (Å²) >= 11 is 6.39. The third-order valence-electron chi connectivity index (χ3n) is 4.01. The van der Waals surface area contributed by atoms with Crippen LogP contribution in [-0.2, 0) is 0 Å². The Kier molecular flexibility index (Phi) is 4.11. The molecule has 1 aliphatic carbocycles. The van der Waals surface area contributed by atoms with Gasteiger partial charge in [0.1, 0.15) is 0 Å². The number of nitrogens with two attached hydrogens (primary N) is 1. The zero-order valence-corrected chi connectivity index (χ0v) is 11.5. The Bertz CT molecular complexity index is 379. The zero-order chi connectivity index (χ0) is 12.4. The standard InChI is InChI=1S/C15H22ClN/c1-10-3-5-12(6-4-10)14-8-7-13(11(2)17)9-15(14)16/h7-12H,3-6,17H2,1-2H3. The molecular weight excluding hydrogens is 230 g/mol. The first-order chi connectivity index (χ1) is 8.08. The van der Waals surface area contributed by atoms with E-state index in [4.69, 9.17) is 17.3 Å². The van der Waals surface area contributed by atoms with Gasteiger partial charge in [0.15, 0.2) is 0 Å². The van der Waals surface area contributed by atoms with Crippen molar-refractivity contribution >= 4 is 11.6 Å². The van der Waals surface area contributed by atoms with E-state index in [1.165, 1.54) is 31.2 Å². The highest BCUT2D eigenvalue weighted by Crippen LogP contribution is 2.38. The van der Waals surface area contributed by atoms with E-state index in [0.717, 1.165) is 16.5 Å². The van der Waals surface area contributed by atoms with Crippen molar-refractivity contribution in [2.45, 2.75) is 51.5 Å². The fourth-order valence-electron chi connectivity index (χ4n) is 2.73. The first kappa shape index (κ1) is 12.9.